The molecular formula is C12H10ClFN2O2S. The number of anilines is 2. The average Bonchev–Trinajstić information content (AvgIpc) is 2.73. The molecule has 0 aliphatic carbocycles. The van der Waals surface area contributed by atoms with Crippen LogP contribution in [0.3, 0.4) is 0 Å². The normalized spacial score (nSPS) is 10.3. The molecule has 2 aromatic rings. The number of carbonyl (C=O) groups excluding carboxylic acids is 1. The molecule has 0 unspecified atom stereocenters. The highest BCUT2D eigenvalue weighted by atomic mass is 35.5. The summed E-state index contributed by atoms with van der Waals surface area (Å²) in [6.45, 7) is 1.74. The quantitative estimate of drug-likeness (QED) is 0.877. The average molecular weight is 301 g/mol. The predicted molar refractivity (Wildman–Crippen MR) is 72.9 cm³/mol. The second kappa shape index (κ2) is 5.54. The van der Waals surface area contributed by atoms with Crippen LogP contribution in [-0.2, 0) is 4.74 Å². The second-order valence-corrected chi connectivity index (χ2v) is 5.30. The molecule has 0 saturated heterocycles. The van der Waals surface area contributed by atoms with Crippen LogP contribution in [0.25, 0.3) is 0 Å². The lowest BCUT2D eigenvalue weighted by Gasteiger charge is -2.03. The van der Waals surface area contributed by atoms with Crippen molar-refractivity contribution < 1.29 is 13.9 Å². The first-order valence-corrected chi connectivity index (χ1v) is 6.48. The zero-order valence-corrected chi connectivity index (χ0v) is 11.7. The molecule has 19 heavy (non-hydrogen) atoms. The smallest absolute Gasteiger partial charge is 0.357 e. The first-order chi connectivity index (χ1) is 9.01. The second-order valence-electron chi connectivity index (χ2n) is 3.66. The molecular weight excluding hydrogens is 291 g/mol. The molecule has 0 bridgehead atoms. The summed E-state index contributed by atoms with van der Waals surface area (Å²) in [7, 11) is 1.28. The standard InChI is InChI=1S/C12H10ClFN2O2S/c1-6-10(11(17)18-2)16-12(19-6)15-9-4-3-7(13)5-8(9)14/h3-5H,1-2H3,(H,15,16). The highest BCUT2D eigenvalue weighted by Crippen LogP contribution is 2.28. The van der Waals surface area contributed by atoms with Crippen molar-refractivity contribution in [3.8, 4) is 0 Å². The third-order valence-corrected chi connectivity index (χ3v) is 3.47. The Labute approximate surface area is 118 Å². The van der Waals surface area contributed by atoms with E-state index in [1.807, 2.05) is 0 Å². The van der Waals surface area contributed by atoms with Crippen LogP contribution in [-0.4, -0.2) is 18.1 Å². The molecule has 0 fully saturated rings. The molecule has 100 valence electrons. The minimum Gasteiger partial charge on any atom is -0.464 e. The van der Waals surface area contributed by atoms with E-state index in [-0.39, 0.29) is 11.4 Å². The molecule has 1 N–H and O–H groups in total. The van der Waals surface area contributed by atoms with Gasteiger partial charge in [0.1, 0.15) is 5.82 Å². The van der Waals surface area contributed by atoms with Crippen LogP contribution in [0.4, 0.5) is 15.2 Å². The number of nitrogens with zero attached hydrogens (tertiary/aromatic N) is 1. The lowest BCUT2D eigenvalue weighted by Crippen LogP contribution is -2.03. The maximum absolute atomic E-state index is 13.6. The van der Waals surface area contributed by atoms with Crippen LogP contribution < -0.4 is 5.32 Å². The van der Waals surface area contributed by atoms with Gasteiger partial charge in [-0.15, -0.1) is 11.3 Å². The van der Waals surface area contributed by atoms with Crippen molar-refractivity contribution in [2.75, 3.05) is 12.4 Å². The maximum atomic E-state index is 13.6. The van der Waals surface area contributed by atoms with Gasteiger partial charge in [-0.25, -0.2) is 14.2 Å². The Morgan fingerprint density at radius 1 is 1.53 bits per heavy atom. The van der Waals surface area contributed by atoms with Gasteiger partial charge in [-0.3, -0.25) is 0 Å². The van der Waals surface area contributed by atoms with Gasteiger partial charge < -0.3 is 10.1 Å². The van der Waals surface area contributed by atoms with E-state index in [9.17, 15) is 9.18 Å². The van der Waals surface area contributed by atoms with E-state index in [1.165, 1.54) is 30.6 Å². The number of aryl methyl sites for hydroxylation is 1. The Hall–Kier alpha value is -1.66. The lowest BCUT2D eigenvalue weighted by atomic mass is 10.3. The van der Waals surface area contributed by atoms with E-state index in [0.29, 0.717) is 15.0 Å². The Balaban J connectivity index is 2.26. The molecule has 4 nitrogen and oxygen atoms in total. The van der Waals surface area contributed by atoms with Crippen molar-refractivity contribution in [1.29, 1.82) is 0 Å². The Bertz CT molecular complexity index is 630. The number of hydrogen-bond acceptors (Lipinski definition) is 5. The van der Waals surface area contributed by atoms with Crippen molar-refractivity contribution in [3.63, 3.8) is 0 Å². The predicted octanol–water partition coefficient (Wildman–Crippen LogP) is 3.77. The van der Waals surface area contributed by atoms with Gasteiger partial charge >= 0.3 is 5.97 Å². The number of methoxy groups -OCH3 is 1. The molecule has 0 radical (unpaired) electrons. The maximum Gasteiger partial charge on any atom is 0.357 e. The fourth-order valence-corrected chi connectivity index (χ4v) is 2.41. The van der Waals surface area contributed by atoms with Crippen molar-refractivity contribution in [3.05, 3.63) is 39.6 Å². The van der Waals surface area contributed by atoms with Gasteiger partial charge in [0.15, 0.2) is 10.8 Å². The summed E-state index contributed by atoms with van der Waals surface area (Å²) in [6.07, 6.45) is 0. The molecule has 0 spiro atoms. The molecule has 2 rings (SSSR count). The number of halogens is 2. The van der Waals surface area contributed by atoms with Gasteiger partial charge in [-0.05, 0) is 25.1 Å². The number of hydrogen-bond donors (Lipinski definition) is 1. The number of rotatable bonds is 3. The molecule has 0 amide bonds. The summed E-state index contributed by atoms with van der Waals surface area (Å²) in [5, 5.41) is 3.53. The molecule has 1 aromatic heterocycles. The monoisotopic (exact) mass is 300 g/mol. The number of benzene rings is 1. The summed E-state index contributed by atoms with van der Waals surface area (Å²) >= 11 is 6.91. The summed E-state index contributed by atoms with van der Waals surface area (Å²) in [5.41, 5.74) is 0.471. The number of esters is 1. The van der Waals surface area contributed by atoms with Crippen molar-refractivity contribution in [2.24, 2.45) is 0 Å². The van der Waals surface area contributed by atoms with Gasteiger partial charge in [-0.2, -0.15) is 0 Å². The molecule has 0 saturated carbocycles. The zero-order chi connectivity index (χ0) is 14.0. The van der Waals surface area contributed by atoms with Crippen molar-refractivity contribution in [1.82, 2.24) is 4.98 Å². The molecule has 1 aromatic carbocycles. The van der Waals surface area contributed by atoms with Crippen LogP contribution in [0.15, 0.2) is 18.2 Å². The molecule has 0 aliphatic heterocycles. The van der Waals surface area contributed by atoms with Crippen molar-refractivity contribution in [2.45, 2.75) is 6.92 Å². The fourth-order valence-electron chi connectivity index (χ4n) is 1.44. The number of ether oxygens (including phenoxy) is 1. The fraction of sp³-hybridized carbons (Fsp3) is 0.167. The third kappa shape index (κ3) is 3.02. The highest BCUT2D eigenvalue weighted by Gasteiger charge is 2.16. The van der Waals surface area contributed by atoms with Crippen LogP contribution >= 0.6 is 22.9 Å². The molecule has 7 heteroatoms. The van der Waals surface area contributed by atoms with E-state index >= 15 is 0 Å². The number of thiazole rings is 1. The molecule has 0 atom stereocenters. The van der Waals surface area contributed by atoms with E-state index in [0.717, 1.165) is 0 Å². The van der Waals surface area contributed by atoms with Crippen LogP contribution in [0.5, 0.6) is 0 Å². The number of aromatic nitrogens is 1. The highest BCUT2D eigenvalue weighted by molar-refractivity contribution is 7.15. The first-order valence-electron chi connectivity index (χ1n) is 5.29. The Morgan fingerprint density at radius 2 is 2.26 bits per heavy atom. The largest absolute Gasteiger partial charge is 0.464 e. The minimum absolute atomic E-state index is 0.226. The summed E-state index contributed by atoms with van der Waals surface area (Å²) in [4.78, 5) is 16.2. The topological polar surface area (TPSA) is 51.2 Å². The summed E-state index contributed by atoms with van der Waals surface area (Å²) in [5.74, 6) is -1.00. The van der Waals surface area contributed by atoms with Gasteiger partial charge in [0.25, 0.3) is 0 Å². The Morgan fingerprint density at radius 3 is 2.89 bits per heavy atom. The van der Waals surface area contributed by atoms with Gasteiger partial charge in [0, 0.05) is 9.90 Å². The van der Waals surface area contributed by atoms with Crippen LogP contribution in [0.2, 0.25) is 5.02 Å². The van der Waals surface area contributed by atoms with E-state index in [2.05, 4.69) is 15.0 Å². The van der Waals surface area contributed by atoms with Gasteiger partial charge in [0.05, 0.1) is 12.8 Å². The zero-order valence-electron chi connectivity index (χ0n) is 10.2. The van der Waals surface area contributed by atoms with Gasteiger partial charge in [0.2, 0.25) is 0 Å². The van der Waals surface area contributed by atoms with Crippen LogP contribution in [0.1, 0.15) is 15.4 Å². The third-order valence-electron chi connectivity index (χ3n) is 2.35. The lowest BCUT2D eigenvalue weighted by molar-refractivity contribution is 0.0594. The first kappa shape index (κ1) is 13.8. The van der Waals surface area contributed by atoms with E-state index in [4.69, 9.17) is 11.6 Å². The van der Waals surface area contributed by atoms with E-state index < -0.39 is 11.8 Å². The SMILES string of the molecule is COC(=O)c1nc(Nc2ccc(Cl)cc2F)sc1C. The summed E-state index contributed by atoms with van der Waals surface area (Å²) < 4.78 is 18.2. The van der Waals surface area contributed by atoms with Crippen molar-refractivity contribution >= 4 is 39.7 Å². The van der Waals surface area contributed by atoms with E-state index in [1.54, 1.807) is 13.0 Å². The summed E-state index contributed by atoms with van der Waals surface area (Å²) in [6, 6.07) is 4.27. The molecule has 0 aliphatic rings. The number of carbonyl (C=O) groups is 1. The number of nitrogens with one attached hydrogen (secondary N) is 1. The van der Waals surface area contributed by atoms with Gasteiger partial charge in [-0.1, -0.05) is 11.6 Å². The Kier molecular flexibility index (Phi) is 4.01. The van der Waals surface area contributed by atoms with Crippen LogP contribution in [0, 0.1) is 12.7 Å². The minimum atomic E-state index is -0.515. The molecule has 1 heterocycles.